The highest BCUT2D eigenvalue weighted by molar-refractivity contribution is 9.10. The van der Waals surface area contributed by atoms with Crippen LogP contribution in [0.15, 0.2) is 46.9 Å². The second kappa shape index (κ2) is 6.72. The van der Waals surface area contributed by atoms with Crippen molar-refractivity contribution in [3.05, 3.63) is 68.2 Å². The molecule has 1 unspecified atom stereocenters. The highest BCUT2D eigenvalue weighted by atomic mass is 79.9. The van der Waals surface area contributed by atoms with Gasteiger partial charge in [-0.1, -0.05) is 47.1 Å². The van der Waals surface area contributed by atoms with E-state index < -0.39 is 0 Å². The number of nitrogens with one attached hydrogen (secondary N) is 1. The third-order valence-corrected chi connectivity index (χ3v) is 3.91. The maximum atomic E-state index is 11.1. The van der Waals surface area contributed by atoms with E-state index in [1.807, 2.05) is 6.92 Å². The fourth-order valence-corrected chi connectivity index (χ4v) is 2.50. The molecule has 0 heterocycles. The lowest BCUT2D eigenvalue weighted by Gasteiger charge is -2.16. The maximum absolute atomic E-state index is 11.1. The number of anilines is 1. The van der Waals surface area contributed by atoms with Crippen LogP contribution in [0.25, 0.3) is 0 Å². The zero-order valence-electron chi connectivity index (χ0n) is 12.0. The SMILES string of the molecule is CCc1ccc(C(C)Nc2cc(Br)ccc2[N+](=O)[O-])cc1. The van der Waals surface area contributed by atoms with Crippen LogP contribution in [0.3, 0.4) is 0 Å². The second-order valence-electron chi connectivity index (χ2n) is 4.88. The fourth-order valence-electron chi connectivity index (χ4n) is 2.14. The van der Waals surface area contributed by atoms with Crippen LogP contribution < -0.4 is 5.32 Å². The van der Waals surface area contributed by atoms with E-state index in [1.54, 1.807) is 12.1 Å². The molecule has 2 aromatic rings. The highest BCUT2D eigenvalue weighted by Gasteiger charge is 2.16. The zero-order valence-corrected chi connectivity index (χ0v) is 13.6. The van der Waals surface area contributed by atoms with Gasteiger partial charge in [0.05, 0.1) is 4.92 Å². The van der Waals surface area contributed by atoms with Gasteiger partial charge in [0.25, 0.3) is 5.69 Å². The number of nitrogens with zero attached hydrogens (tertiary/aromatic N) is 1. The molecule has 0 fully saturated rings. The largest absolute Gasteiger partial charge is 0.373 e. The van der Waals surface area contributed by atoms with Gasteiger partial charge in [0, 0.05) is 16.6 Å². The molecule has 0 spiro atoms. The van der Waals surface area contributed by atoms with Gasteiger partial charge in [0.1, 0.15) is 5.69 Å². The van der Waals surface area contributed by atoms with Crippen molar-refractivity contribution in [2.75, 3.05) is 5.32 Å². The van der Waals surface area contributed by atoms with E-state index in [-0.39, 0.29) is 16.7 Å². The molecule has 21 heavy (non-hydrogen) atoms. The molecule has 0 saturated carbocycles. The van der Waals surface area contributed by atoms with Crippen LogP contribution in [0.5, 0.6) is 0 Å². The quantitative estimate of drug-likeness (QED) is 0.604. The number of hydrogen-bond donors (Lipinski definition) is 1. The molecule has 0 amide bonds. The Labute approximate surface area is 132 Å². The van der Waals surface area contributed by atoms with Crippen LogP contribution in [0.4, 0.5) is 11.4 Å². The van der Waals surface area contributed by atoms with Gasteiger partial charge >= 0.3 is 0 Å². The van der Waals surface area contributed by atoms with E-state index in [1.165, 1.54) is 11.6 Å². The summed E-state index contributed by atoms with van der Waals surface area (Å²) in [6.07, 6.45) is 0.999. The van der Waals surface area contributed by atoms with Crippen molar-refractivity contribution in [3.63, 3.8) is 0 Å². The number of aryl methyl sites for hydroxylation is 1. The summed E-state index contributed by atoms with van der Waals surface area (Å²) in [6, 6.07) is 13.2. The Kier molecular flexibility index (Phi) is 4.96. The fraction of sp³-hybridized carbons (Fsp3) is 0.250. The van der Waals surface area contributed by atoms with Gasteiger partial charge in [-0.2, -0.15) is 0 Å². The molecule has 110 valence electrons. The van der Waals surface area contributed by atoms with E-state index in [0.717, 1.165) is 16.5 Å². The summed E-state index contributed by atoms with van der Waals surface area (Å²) < 4.78 is 0.809. The molecule has 0 bridgehead atoms. The van der Waals surface area contributed by atoms with Crippen molar-refractivity contribution in [2.45, 2.75) is 26.3 Å². The predicted octanol–water partition coefficient (Wildman–Crippen LogP) is 5.09. The maximum Gasteiger partial charge on any atom is 0.292 e. The summed E-state index contributed by atoms with van der Waals surface area (Å²) in [5, 5.41) is 14.3. The Morgan fingerprint density at radius 3 is 2.48 bits per heavy atom. The van der Waals surface area contributed by atoms with Gasteiger partial charge in [-0.15, -0.1) is 0 Å². The second-order valence-corrected chi connectivity index (χ2v) is 5.80. The molecular formula is C16H17BrN2O2. The molecule has 4 nitrogen and oxygen atoms in total. The molecular weight excluding hydrogens is 332 g/mol. The first-order chi connectivity index (χ1) is 10.0. The zero-order chi connectivity index (χ0) is 15.4. The third-order valence-electron chi connectivity index (χ3n) is 3.42. The molecule has 1 atom stereocenters. The van der Waals surface area contributed by atoms with Gasteiger partial charge in [0.15, 0.2) is 0 Å². The predicted molar refractivity (Wildman–Crippen MR) is 88.7 cm³/mol. The van der Waals surface area contributed by atoms with E-state index in [4.69, 9.17) is 0 Å². The van der Waals surface area contributed by atoms with Crippen LogP contribution in [-0.2, 0) is 6.42 Å². The molecule has 5 heteroatoms. The molecule has 0 aliphatic rings. The molecule has 2 rings (SSSR count). The van der Waals surface area contributed by atoms with Gasteiger partial charge in [-0.25, -0.2) is 0 Å². The standard InChI is InChI=1S/C16H17BrN2O2/c1-3-12-4-6-13(7-5-12)11(2)18-15-10-14(17)8-9-16(15)19(20)21/h4-11,18H,3H2,1-2H3. The summed E-state index contributed by atoms with van der Waals surface area (Å²) in [4.78, 5) is 10.7. The molecule has 0 aliphatic heterocycles. The van der Waals surface area contributed by atoms with Crippen LogP contribution in [-0.4, -0.2) is 4.92 Å². The summed E-state index contributed by atoms with van der Waals surface area (Å²) in [5.74, 6) is 0. The molecule has 1 N–H and O–H groups in total. The lowest BCUT2D eigenvalue weighted by atomic mass is 10.0. The first-order valence-corrected chi connectivity index (χ1v) is 7.60. The monoisotopic (exact) mass is 348 g/mol. The number of hydrogen-bond acceptors (Lipinski definition) is 3. The Balaban J connectivity index is 2.24. The smallest absolute Gasteiger partial charge is 0.292 e. The molecule has 0 radical (unpaired) electrons. The summed E-state index contributed by atoms with van der Waals surface area (Å²) >= 11 is 3.35. The van der Waals surface area contributed by atoms with Gasteiger partial charge in [0.2, 0.25) is 0 Å². The third kappa shape index (κ3) is 3.82. The Bertz CT molecular complexity index is 641. The van der Waals surface area contributed by atoms with E-state index in [2.05, 4.69) is 52.4 Å². The first-order valence-electron chi connectivity index (χ1n) is 6.80. The van der Waals surface area contributed by atoms with Crippen molar-refractivity contribution < 1.29 is 4.92 Å². The number of halogens is 1. The van der Waals surface area contributed by atoms with Crippen LogP contribution in [0.1, 0.15) is 31.0 Å². The molecule has 0 aromatic heterocycles. The van der Waals surface area contributed by atoms with Gasteiger partial charge < -0.3 is 5.32 Å². The average molecular weight is 349 g/mol. The van der Waals surface area contributed by atoms with E-state index in [0.29, 0.717) is 5.69 Å². The molecule has 0 saturated heterocycles. The molecule has 0 aliphatic carbocycles. The first kappa shape index (κ1) is 15.5. The minimum Gasteiger partial charge on any atom is -0.373 e. The Morgan fingerprint density at radius 1 is 1.24 bits per heavy atom. The lowest BCUT2D eigenvalue weighted by Crippen LogP contribution is -2.08. The normalized spacial score (nSPS) is 12.0. The van der Waals surface area contributed by atoms with Crippen LogP contribution in [0, 0.1) is 10.1 Å². The Morgan fingerprint density at radius 2 is 1.90 bits per heavy atom. The van der Waals surface area contributed by atoms with Crippen LogP contribution in [0.2, 0.25) is 0 Å². The average Bonchev–Trinajstić information content (AvgIpc) is 2.47. The topological polar surface area (TPSA) is 55.2 Å². The van der Waals surface area contributed by atoms with Gasteiger partial charge in [-0.05, 0) is 36.6 Å². The lowest BCUT2D eigenvalue weighted by molar-refractivity contribution is -0.384. The van der Waals surface area contributed by atoms with Crippen molar-refractivity contribution in [2.24, 2.45) is 0 Å². The van der Waals surface area contributed by atoms with Crippen molar-refractivity contribution in [1.82, 2.24) is 0 Å². The highest BCUT2D eigenvalue weighted by Crippen LogP contribution is 2.31. The summed E-state index contributed by atoms with van der Waals surface area (Å²) in [7, 11) is 0. The minimum atomic E-state index is -0.373. The van der Waals surface area contributed by atoms with Crippen molar-refractivity contribution >= 4 is 27.3 Å². The van der Waals surface area contributed by atoms with E-state index in [9.17, 15) is 10.1 Å². The minimum absolute atomic E-state index is 0.0103. The Hall–Kier alpha value is -1.88. The van der Waals surface area contributed by atoms with E-state index >= 15 is 0 Å². The van der Waals surface area contributed by atoms with Gasteiger partial charge in [-0.3, -0.25) is 10.1 Å². The summed E-state index contributed by atoms with van der Waals surface area (Å²) in [5.41, 5.74) is 2.97. The molecule has 2 aromatic carbocycles. The number of nitro groups is 1. The van der Waals surface area contributed by atoms with Crippen molar-refractivity contribution in [3.8, 4) is 0 Å². The van der Waals surface area contributed by atoms with Crippen LogP contribution >= 0.6 is 15.9 Å². The van der Waals surface area contributed by atoms with Crippen molar-refractivity contribution in [1.29, 1.82) is 0 Å². The number of nitro benzene ring substituents is 1. The summed E-state index contributed by atoms with van der Waals surface area (Å²) in [6.45, 7) is 4.10. The number of benzene rings is 2. The number of rotatable bonds is 5.